The predicted octanol–water partition coefficient (Wildman–Crippen LogP) is 10.5. The zero-order valence-electron chi connectivity index (χ0n) is 22.9. The van der Waals surface area contributed by atoms with Crippen molar-refractivity contribution in [2.24, 2.45) is 47.3 Å². The Morgan fingerprint density at radius 1 is 0.585 bits per heavy atom. The van der Waals surface area contributed by atoms with Gasteiger partial charge in [0.05, 0.1) is 11.0 Å². The van der Waals surface area contributed by atoms with Gasteiger partial charge in [-0.1, -0.05) is 62.2 Å². The first kappa shape index (κ1) is 23.1. The summed E-state index contributed by atoms with van der Waals surface area (Å²) in [6, 6.07) is 30.7. The zero-order valence-corrected chi connectivity index (χ0v) is 26.0. The van der Waals surface area contributed by atoms with Crippen LogP contribution in [0.2, 0.25) is 0 Å². The lowest BCUT2D eigenvalue weighted by molar-refractivity contribution is -0.231. The third-order valence-electron chi connectivity index (χ3n) is 13.3. The highest BCUT2D eigenvalue weighted by Gasteiger charge is 2.73. The van der Waals surface area contributed by atoms with E-state index in [0.717, 1.165) is 56.3 Å². The molecule has 7 saturated carbocycles. The van der Waals surface area contributed by atoms with Gasteiger partial charge in [-0.25, -0.2) is 0 Å². The van der Waals surface area contributed by atoms with Crippen molar-refractivity contribution in [1.29, 1.82) is 0 Å². The second kappa shape index (κ2) is 7.58. The number of benzene rings is 4. The molecule has 202 valence electrons. The summed E-state index contributed by atoms with van der Waals surface area (Å²) in [6.45, 7) is 0. The lowest BCUT2D eigenvalue weighted by Gasteiger charge is -2.75. The molecule has 4 aromatic carbocycles. The van der Waals surface area contributed by atoms with E-state index in [1.54, 1.807) is 17.5 Å². The fourth-order valence-electron chi connectivity index (χ4n) is 12.5. The van der Waals surface area contributed by atoms with Crippen LogP contribution in [0.4, 0.5) is 0 Å². The molecule has 1 spiro atoms. The molecule has 8 bridgehead atoms. The van der Waals surface area contributed by atoms with Gasteiger partial charge in [0, 0.05) is 30.8 Å². The molecule has 0 aliphatic heterocycles. The van der Waals surface area contributed by atoms with Gasteiger partial charge in [-0.3, -0.25) is 0 Å². The molecule has 5 aromatic rings. The molecule has 0 amide bonds. The largest absolute Gasteiger partial charge is 0.309 e. The molecule has 0 saturated heterocycles. The van der Waals surface area contributed by atoms with Crippen LogP contribution in [-0.4, -0.2) is 4.57 Å². The Balaban J connectivity index is 1.17. The van der Waals surface area contributed by atoms with Gasteiger partial charge in [-0.15, -0.1) is 0 Å². The summed E-state index contributed by atoms with van der Waals surface area (Å²) >= 11 is 7.48. The normalized spacial score (nSPS) is 36.6. The van der Waals surface area contributed by atoms with E-state index < -0.39 is 0 Å². The number of hydrogen-bond acceptors (Lipinski definition) is 0. The van der Waals surface area contributed by atoms with Gasteiger partial charge in [-0.2, -0.15) is 0 Å². The van der Waals surface area contributed by atoms with E-state index in [9.17, 15) is 0 Å². The molecule has 1 aromatic heterocycles. The minimum Gasteiger partial charge on any atom is -0.309 e. The average molecular weight is 661 g/mol. The first-order chi connectivity index (χ1) is 20.1. The first-order valence-corrected chi connectivity index (χ1v) is 17.3. The number of nitrogens with zero attached hydrogens (tertiary/aromatic N) is 1. The molecular weight excluding hydrogens is 630 g/mol. The van der Waals surface area contributed by atoms with Crippen LogP contribution >= 0.6 is 31.9 Å². The monoisotopic (exact) mass is 659 g/mol. The Hall–Kier alpha value is -2.36. The van der Waals surface area contributed by atoms with Crippen LogP contribution in [0.5, 0.6) is 0 Å². The maximum Gasteiger partial charge on any atom is 0.0541 e. The van der Waals surface area contributed by atoms with Crippen LogP contribution in [0.25, 0.3) is 38.6 Å². The second-order valence-electron chi connectivity index (χ2n) is 14.4. The van der Waals surface area contributed by atoms with Crippen molar-refractivity contribution in [1.82, 2.24) is 4.57 Å². The van der Waals surface area contributed by atoms with Gasteiger partial charge in [0.2, 0.25) is 0 Å². The highest BCUT2D eigenvalue weighted by Crippen LogP contribution is 2.79. The van der Waals surface area contributed by atoms with Crippen molar-refractivity contribution in [2.45, 2.75) is 37.5 Å². The lowest BCUT2D eigenvalue weighted by atomic mass is 9.29. The number of halogens is 2. The molecule has 13 rings (SSSR count). The number of rotatable bonds is 1. The molecule has 0 radical (unpaired) electrons. The molecule has 7 fully saturated rings. The molecule has 1 heterocycles. The molecule has 1 nitrogen and oxygen atoms in total. The number of hydrogen-bond donors (Lipinski definition) is 0. The van der Waals surface area contributed by atoms with E-state index in [4.69, 9.17) is 0 Å². The topological polar surface area (TPSA) is 4.93 Å². The van der Waals surface area contributed by atoms with Crippen LogP contribution in [-0.2, 0) is 5.41 Å². The Morgan fingerprint density at radius 3 is 1.90 bits per heavy atom. The molecule has 8 aliphatic rings. The third-order valence-corrected chi connectivity index (χ3v) is 14.3. The summed E-state index contributed by atoms with van der Waals surface area (Å²) in [7, 11) is 0. The quantitative estimate of drug-likeness (QED) is 0.169. The molecule has 3 heteroatoms. The van der Waals surface area contributed by atoms with E-state index in [2.05, 4.69) is 115 Å². The van der Waals surface area contributed by atoms with Crippen LogP contribution in [0.3, 0.4) is 0 Å². The van der Waals surface area contributed by atoms with Crippen molar-refractivity contribution in [2.75, 3.05) is 0 Å². The summed E-state index contributed by atoms with van der Waals surface area (Å²) in [4.78, 5) is 0. The summed E-state index contributed by atoms with van der Waals surface area (Å²) in [6.07, 6.45) is 7.57. The number of aromatic nitrogens is 1. The van der Waals surface area contributed by atoms with Crippen molar-refractivity contribution < 1.29 is 0 Å². The van der Waals surface area contributed by atoms with Gasteiger partial charge in [-0.05, 0) is 150 Å². The van der Waals surface area contributed by atoms with Crippen LogP contribution in [0.15, 0.2) is 87.8 Å². The highest BCUT2D eigenvalue weighted by atomic mass is 79.9. The van der Waals surface area contributed by atoms with Gasteiger partial charge < -0.3 is 4.57 Å². The van der Waals surface area contributed by atoms with Gasteiger partial charge in [0.25, 0.3) is 0 Å². The SMILES string of the molecule is Brc1ccc2c(c1)c1cc(Br)ccc1n2-c1ccc2c(c1)-c1ccccc1C21C2CC3C4CC5CC3C1C(C5)C4C2. The van der Waals surface area contributed by atoms with Crippen LogP contribution < -0.4 is 0 Å². The minimum atomic E-state index is 0.233. The Bertz CT molecular complexity index is 1900. The maximum absolute atomic E-state index is 3.74. The van der Waals surface area contributed by atoms with E-state index in [1.165, 1.54) is 64.3 Å². The Labute approximate surface area is 257 Å². The van der Waals surface area contributed by atoms with Crippen molar-refractivity contribution in [3.8, 4) is 16.8 Å². The van der Waals surface area contributed by atoms with Crippen molar-refractivity contribution >= 4 is 53.7 Å². The number of fused-ring (bicyclic) bond motifs is 6. The maximum atomic E-state index is 3.74. The fraction of sp³-hybridized carbons (Fsp3) is 0.368. The van der Waals surface area contributed by atoms with E-state index in [1.807, 2.05) is 0 Å². The van der Waals surface area contributed by atoms with E-state index >= 15 is 0 Å². The van der Waals surface area contributed by atoms with Crippen LogP contribution in [0.1, 0.15) is 43.2 Å². The van der Waals surface area contributed by atoms with Gasteiger partial charge >= 0.3 is 0 Å². The molecule has 5 atom stereocenters. The third kappa shape index (κ3) is 2.60. The van der Waals surface area contributed by atoms with Crippen molar-refractivity contribution in [3.05, 3.63) is 98.9 Å². The Kier molecular flexibility index (Phi) is 4.28. The fourth-order valence-corrected chi connectivity index (χ4v) is 13.3. The summed E-state index contributed by atoms with van der Waals surface area (Å²) in [5, 5.41) is 2.58. The van der Waals surface area contributed by atoms with Gasteiger partial charge in [0.1, 0.15) is 0 Å². The first-order valence-electron chi connectivity index (χ1n) is 15.8. The minimum absolute atomic E-state index is 0.233. The highest BCUT2D eigenvalue weighted by molar-refractivity contribution is 9.10. The molecular formula is C38H31Br2N. The second-order valence-corrected chi connectivity index (χ2v) is 16.2. The molecule has 5 unspecified atom stereocenters. The lowest BCUT2D eigenvalue weighted by Crippen LogP contribution is -2.70. The average Bonchev–Trinajstić information content (AvgIpc) is 3.46. The molecule has 0 N–H and O–H groups in total. The van der Waals surface area contributed by atoms with E-state index in [0.29, 0.717) is 0 Å². The standard InChI is InChI=1S/C38H31Br2N/c39-21-5-9-35-29(16-21)30-17-22(40)6-10-36(30)41(35)23-7-8-34-28(18-23)24-3-1-2-4-33(24)38(34)20-14-26-25-11-19-12-31(26)37(38)32(13-19)27(25)15-20/h1-10,16-20,25-27,31-32,37H,11-15H2. The van der Waals surface area contributed by atoms with Crippen LogP contribution in [0, 0.1) is 47.3 Å². The predicted molar refractivity (Wildman–Crippen MR) is 173 cm³/mol. The summed E-state index contributed by atoms with van der Waals surface area (Å²) in [5.74, 6) is 7.72. The van der Waals surface area contributed by atoms with E-state index in [-0.39, 0.29) is 5.41 Å². The zero-order chi connectivity index (χ0) is 26.8. The Morgan fingerprint density at radius 2 is 1.20 bits per heavy atom. The molecule has 8 aliphatic carbocycles. The smallest absolute Gasteiger partial charge is 0.0541 e. The molecule has 41 heavy (non-hydrogen) atoms. The van der Waals surface area contributed by atoms with Gasteiger partial charge in [0.15, 0.2) is 0 Å². The summed E-state index contributed by atoms with van der Waals surface area (Å²) < 4.78 is 4.74. The van der Waals surface area contributed by atoms with Crippen molar-refractivity contribution in [3.63, 3.8) is 0 Å². The summed E-state index contributed by atoms with van der Waals surface area (Å²) in [5.41, 5.74) is 10.4.